The average molecular weight is 314 g/mol. The number of hydrogen-bond donors (Lipinski definition) is 0. The molecule has 0 spiro atoms. The molecule has 112 valence electrons. The van der Waals surface area contributed by atoms with Gasteiger partial charge in [-0.25, -0.2) is 4.99 Å². The molecular formula is C17H16ClN3O. The molecule has 0 saturated heterocycles. The largest absolute Gasteiger partial charge is 0.623 e. The Morgan fingerprint density at radius 3 is 2.55 bits per heavy atom. The predicted octanol–water partition coefficient (Wildman–Crippen LogP) is 3.29. The summed E-state index contributed by atoms with van der Waals surface area (Å²) in [5.41, 5.74) is 2.96. The zero-order valence-corrected chi connectivity index (χ0v) is 13.2. The molecule has 4 nitrogen and oxygen atoms in total. The van der Waals surface area contributed by atoms with Crippen LogP contribution in [0.4, 0.5) is 5.69 Å². The molecule has 2 aromatic rings. The number of nitrogens with zero attached hydrogens (tertiary/aromatic N) is 3. The molecule has 0 unspecified atom stereocenters. The van der Waals surface area contributed by atoms with E-state index < -0.39 is 0 Å². The molecule has 0 N–H and O–H groups in total. The van der Waals surface area contributed by atoms with E-state index in [1.165, 1.54) is 0 Å². The van der Waals surface area contributed by atoms with Crippen molar-refractivity contribution in [2.24, 2.45) is 4.99 Å². The van der Waals surface area contributed by atoms with Crippen molar-refractivity contribution in [2.45, 2.75) is 0 Å². The number of fused-ring (bicyclic) bond motifs is 1. The molecule has 0 aromatic heterocycles. The number of aliphatic imine (C=N–C) groups is 1. The monoisotopic (exact) mass is 313 g/mol. The van der Waals surface area contributed by atoms with Crippen LogP contribution in [0, 0.1) is 5.21 Å². The Morgan fingerprint density at radius 1 is 1.14 bits per heavy atom. The molecule has 5 heteroatoms. The lowest BCUT2D eigenvalue weighted by Gasteiger charge is -2.14. The van der Waals surface area contributed by atoms with Gasteiger partial charge in [0.15, 0.2) is 5.84 Å². The second-order valence-electron chi connectivity index (χ2n) is 5.34. The number of hydroxylamine groups is 1. The minimum absolute atomic E-state index is 0.198. The second-order valence-corrected chi connectivity index (χ2v) is 5.77. The van der Waals surface area contributed by atoms with Gasteiger partial charge < -0.3 is 10.1 Å². The van der Waals surface area contributed by atoms with Crippen LogP contribution in [0.3, 0.4) is 0 Å². The van der Waals surface area contributed by atoms with Gasteiger partial charge in [-0.15, -0.1) is 0 Å². The van der Waals surface area contributed by atoms with Crippen LogP contribution in [0.5, 0.6) is 0 Å². The van der Waals surface area contributed by atoms with Gasteiger partial charge in [0.2, 0.25) is 12.3 Å². The molecule has 0 saturated carbocycles. The Bertz CT molecular complexity index is 767. The fraction of sp³-hybridized carbons (Fsp3) is 0.176. The summed E-state index contributed by atoms with van der Waals surface area (Å²) in [4.78, 5) is 6.49. The maximum atomic E-state index is 12.7. The Morgan fingerprint density at radius 2 is 1.86 bits per heavy atom. The van der Waals surface area contributed by atoms with Crippen molar-refractivity contribution < 1.29 is 4.74 Å². The lowest BCUT2D eigenvalue weighted by Crippen LogP contribution is -2.31. The summed E-state index contributed by atoms with van der Waals surface area (Å²) in [6.45, 7) is 0.198. The van der Waals surface area contributed by atoms with Crippen molar-refractivity contribution in [1.82, 2.24) is 4.90 Å². The molecule has 0 radical (unpaired) electrons. The lowest BCUT2D eigenvalue weighted by atomic mass is 10.0. The van der Waals surface area contributed by atoms with E-state index in [0.717, 1.165) is 21.6 Å². The molecule has 2 aromatic carbocycles. The topological polar surface area (TPSA) is 41.7 Å². The van der Waals surface area contributed by atoms with Crippen LogP contribution in [0.2, 0.25) is 5.02 Å². The van der Waals surface area contributed by atoms with Gasteiger partial charge in [0, 0.05) is 24.7 Å². The van der Waals surface area contributed by atoms with Gasteiger partial charge in [-0.05, 0) is 30.3 Å². The van der Waals surface area contributed by atoms with Crippen molar-refractivity contribution >= 4 is 28.8 Å². The highest BCUT2D eigenvalue weighted by Gasteiger charge is 2.25. The Hall–Kier alpha value is -2.33. The normalized spacial score (nSPS) is 14.2. The molecule has 0 amide bonds. The smallest absolute Gasteiger partial charge is 0.228 e. The minimum Gasteiger partial charge on any atom is -0.623 e. The summed E-state index contributed by atoms with van der Waals surface area (Å²) in [5.74, 6) is 0.713. The third-order valence-electron chi connectivity index (χ3n) is 3.56. The fourth-order valence-corrected chi connectivity index (χ4v) is 2.62. The van der Waals surface area contributed by atoms with Crippen molar-refractivity contribution in [3.05, 3.63) is 69.9 Å². The molecule has 0 fully saturated rings. The Balaban J connectivity index is 2.27. The third kappa shape index (κ3) is 2.70. The Labute approximate surface area is 134 Å². The van der Waals surface area contributed by atoms with E-state index in [0.29, 0.717) is 16.6 Å². The van der Waals surface area contributed by atoms with Crippen molar-refractivity contribution in [3.8, 4) is 0 Å². The predicted molar refractivity (Wildman–Crippen MR) is 90.4 cm³/mol. The number of rotatable bonds is 1. The first-order valence-electron chi connectivity index (χ1n) is 6.98. The summed E-state index contributed by atoms with van der Waals surface area (Å²) in [6.07, 6.45) is 0. The highest BCUT2D eigenvalue weighted by Crippen LogP contribution is 2.28. The summed E-state index contributed by atoms with van der Waals surface area (Å²) in [7, 11) is 3.77. The van der Waals surface area contributed by atoms with Crippen LogP contribution in [-0.2, 0) is 0 Å². The van der Waals surface area contributed by atoms with Crippen LogP contribution in [-0.4, -0.2) is 41.8 Å². The molecule has 1 aliphatic rings. The zero-order valence-electron chi connectivity index (χ0n) is 12.5. The minimum atomic E-state index is 0.198. The van der Waals surface area contributed by atoms with Crippen molar-refractivity contribution in [2.75, 3.05) is 20.6 Å². The van der Waals surface area contributed by atoms with Gasteiger partial charge in [0.1, 0.15) is 0 Å². The van der Waals surface area contributed by atoms with E-state index in [1.54, 1.807) is 12.1 Å². The first-order valence-corrected chi connectivity index (χ1v) is 7.36. The second kappa shape index (κ2) is 5.81. The third-order valence-corrected chi connectivity index (χ3v) is 3.80. The summed E-state index contributed by atoms with van der Waals surface area (Å²) < 4.78 is 0.982. The highest BCUT2D eigenvalue weighted by molar-refractivity contribution is 6.31. The van der Waals surface area contributed by atoms with Crippen LogP contribution < -0.4 is 0 Å². The molecule has 0 aliphatic carbocycles. The van der Waals surface area contributed by atoms with E-state index in [9.17, 15) is 5.21 Å². The standard InChI is InChI=1S/C17H16ClN3O/c1-20(2)16-11-21(22)17(12-6-4-3-5-7-12)14-10-13(18)8-9-15(14)19-16/h3-10H,11H2,1-2H3. The molecule has 0 bridgehead atoms. The number of halogens is 1. The van der Waals surface area contributed by atoms with Gasteiger partial charge in [-0.1, -0.05) is 29.8 Å². The summed E-state index contributed by atoms with van der Waals surface area (Å²) >= 11 is 6.14. The fourth-order valence-electron chi connectivity index (χ4n) is 2.45. The maximum absolute atomic E-state index is 12.7. The van der Waals surface area contributed by atoms with Crippen molar-refractivity contribution in [1.29, 1.82) is 0 Å². The van der Waals surface area contributed by atoms with E-state index in [-0.39, 0.29) is 6.54 Å². The van der Waals surface area contributed by atoms with Crippen LogP contribution in [0.25, 0.3) is 0 Å². The number of amidine groups is 1. The number of hydrogen-bond acceptors (Lipinski definition) is 3. The quantitative estimate of drug-likeness (QED) is 0.599. The molecule has 0 atom stereocenters. The molecular weight excluding hydrogens is 298 g/mol. The van der Waals surface area contributed by atoms with E-state index in [4.69, 9.17) is 11.6 Å². The SMILES string of the molecule is CN(C)C1=Nc2ccc(Cl)cc2C(c2ccccc2)=[N+]([O-])C1. The first kappa shape index (κ1) is 14.6. The number of likely N-dealkylation sites (N-methyl/N-ethyl adjacent to an activating group) is 1. The van der Waals surface area contributed by atoms with Crippen LogP contribution in [0.15, 0.2) is 53.5 Å². The number of benzene rings is 2. The summed E-state index contributed by atoms with van der Waals surface area (Å²) in [5, 5.41) is 13.3. The van der Waals surface area contributed by atoms with Crippen LogP contribution in [0.1, 0.15) is 11.1 Å². The molecule has 22 heavy (non-hydrogen) atoms. The van der Waals surface area contributed by atoms with E-state index >= 15 is 0 Å². The van der Waals surface area contributed by atoms with Crippen molar-refractivity contribution in [3.63, 3.8) is 0 Å². The first-order chi connectivity index (χ1) is 10.6. The highest BCUT2D eigenvalue weighted by atomic mass is 35.5. The van der Waals surface area contributed by atoms with Gasteiger partial charge in [-0.2, -0.15) is 4.74 Å². The molecule has 3 rings (SSSR count). The maximum Gasteiger partial charge on any atom is 0.228 e. The average Bonchev–Trinajstić information content (AvgIpc) is 2.64. The van der Waals surface area contributed by atoms with Gasteiger partial charge in [0.25, 0.3) is 0 Å². The lowest BCUT2D eigenvalue weighted by molar-refractivity contribution is -0.440. The zero-order chi connectivity index (χ0) is 15.7. The Kier molecular flexibility index (Phi) is 3.86. The summed E-state index contributed by atoms with van der Waals surface area (Å²) in [6, 6.07) is 15.0. The molecule has 1 heterocycles. The van der Waals surface area contributed by atoms with E-state index in [2.05, 4.69) is 4.99 Å². The van der Waals surface area contributed by atoms with Gasteiger partial charge >= 0.3 is 0 Å². The van der Waals surface area contributed by atoms with Crippen LogP contribution >= 0.6 is 11.6 Å². The van der Waals surface area contributed by atoms with E-state index in [1.807, 2.05) is 55.4 Å². The molecule has 1 aliphatic heterocycles. The van der Waals surface area contributed by atoms with Gasteiger partial charge in [-0.3, -0.25) is 0 Å². The van der Waals surface area contributed by atoms with Gasteiger partial charge in [0.05, 0.1) is 11.3 Å².